The lowest BCUT2D eigenvalue weighted by Crippen LogP contribution is -2.32. The molecule has 1 unspecified atom stereocenters. The standard InChI is InChI=1S/C26H26ClN3O4/c1-14-22(24(25(32)33)34-26(3,4)5)30(18-9-7-17(27)8-10-18)15(2)21(23(14)31)16-6-11-19-20(12-16)29-13-28-19/h6-13,24H,1-5H3,(H,28,29)(H,32,33). The van der Waals surface area contributed by atoms with Crippen LogP contribution in [-0.4, -0.2) is 31.2 Å². The SMILES string of the molecule is Cc1c(C(OC(C)(C)C)C(=O)O)n(-c2ccc(Cl)cc2)c(C)c(-c2ccc3nc[nH]c3c2)c1=O. The molecule has 8 heteroatoms. The highest BCUT2D eigenvalue weighted by Crippen LogP contribution is 2.33. The zero-order valence-electron chi connectivity index (χ0n) is 19.6. The van der Waals surface area contributed by atoms with Crippen molar-refractivity contribution in [1.82, 2.24) is 14.5 Å². The van der Waals surface area contributed by atoms with Crippen LogP contribution in [0.15, 0.2) is 53.6 Å². The monoisotopic (exact) mass is 479 g/mol. The van der Waals surface area contributed by atoms with Gasteiger partial charge in [0, 0.05) is 27.5 Å². The average Bonchev–Trinajstić information content (AvgIpc) is 3.23. The molecule has 0 aliphatic carbocycles. The molecule has 4 aromatic rings. The third-order valence-corrected chi connectivity index (χ3v) is 5.88. The number of hydrogen-bond donors (Lipinski definition) is 2. The summed E-state index contributed by atoms with van der Waals surface area (Å²) < 4.78 is 7.74. The Bertz CT molecular complexity index is 1450. The van der Waals surface area contributed by atoms with Crippen molar-refractivity contribution in [2.45, 2.75) is 46.3 Å². The maximum atomic E-state index is 13.7. The molecule has 0 amide bonds. The van der Waals surface area contributed by atoms with Crippen molar-refractivity contribution in [1.29, 1.82) is 0 Å². The van der Waals surface area contributed by atoms with Crippen molar-refractivity contribution in [2.24, 2.45) is 0 Å². The number of carboxylic acid groups (broad SMARTS) is 1. The van der Waals surface area contributed by atoms with Crippen LogP contribution in [0.3, 0.4) is 0 Å². The Kier molecular flexibility index (Phi) is 6.10. The summed E-state index contributed by atoms with van der Waals surface area (Å²) in [6.07, 6.45) is 0.245. The fraction of sp³-hybridized carbons (Fsp3) is 0.269. The fourth-order valence-electron chi connectivity index (χ4n) is 4.17. The Balaban J connectivity index is 2.08. The van der Waals surface area contributed by atoms with Gasteiger partial charge < -0.3 is 19.4 Å². The molecule has 0 spiro atoms. The van der Waals surface area contributed by atoms with Crippen LogP contribution in [0.25, 0.3) is 27.8 Å². The molecule has 1 atom stereocenters. The summed E-state index contributed by atoms with van der Waals surface area (Å²) in [5.41, 5.74) is 3.62. The number of imidazole rings is 1. The summed E-state index contributed by atoms with van der Waals surface area (Å²) in [5.74, 6) is -1.17. The Morgan fingerprint density at radius 1 is 1.15 bits per heavy atom. The van der Waals surface area contributed by atoms with Gasteiger partial charge in [0.15, 0.2) is 11.5 Å². The van der Waals surface area contributed by atoms with E-state index in [9.17, 15) is 14.7 Å². The lowest BCUT2D eigenvalue weighted by Gasteiger charge is -2.30. The van der Waals surface area contributed by atoms with E-state index < -0.39 is 17.7 Å². The Hall–Kier alpha value is -3.42. The van der Waals surface area contributed by atoms with Crippen LogP contribution in [0.1, 0.15) is 43.8 Å². The minimum Gasteiger partial charge on any atom is -0.479 e. The minimum atomic E-state index is -1.36. The molecule has 0 aliphatic rings. The lowest BCUT2D eigenvalue weighted by molar-refractivity contribution is -0.161. The quantitative estimate of drug-likeness (QED) is 0.388. The molecule has 0 saturated carbocycles. The number of aromatic amines is 1. The number of carboxylic acids is 1. The van der Waals surface area contributed by atoms with Crippen molar-refractivity contribution in [3.63, 3.8) is 0 Å². The smallest absolute Gasteiger partial charge is 0.339 e. The van der Waals surface area contributed by atoms with Crippen LogP contribution in [0, 0.1) is 13.8 Å². The molecule has 34 heavy (non-hydrogen) atoms. The zero-order valence-corrected chi connectivity index (χ0v) is 20.4. The number of carbonyl (C=O) groups is 1. The number of aliphatic carboxylic acids is 1. The molecule has 0 aliphatic heterocycles. The van der Waals surface area contributed by atoms with Crippen LogP contribution < -0.4 is 5.43 Å². The molecular weight excluding hydrogens is 454 g/mol. The minimum absolute atomic E-state index is 0.250. The normalized spacial score (nSPS) is 12.8. The van der Waals surface area contributed by atoms with E-state index in [1.54, 1.807) is 69.8 Å². The van der Waals surface area contributed by atoms with Gasteiger partial charge in [0.1, 0.15) is 0 Å². The van der Waals surface area contributed by atoms with Gasteiger partial charge in [-0.05, 0) is 76.6 Å². The molecule has 2 aromatic carbocycles. The zero-order chi connectivity index (χ0) is 24.8. The van der Waals surface area contributed by atoms with Crippen molar-refractivity contribution in [3.05, 3.63) is 81.0 Å². The molecule has 2 aromatic heterocycles. The van der Waals surface area contributed by atoms with Gasteiger partial charge in [-0.1, -0.05) is 17.7 Å². The van der Waals surface area contributed by atoms with Gasteiger partial charge >= 0.3 is 5.97 Å². The van der Waals surface area contributed by atoms with Gasteiger partial charge in [-0.3, -0.25) is 4.79 Å². The number of aromatic nitrogens is 3. The van der Waals surface area contributed by atoms with Crippen LogP contribution >= 0.6 is 11.6 Å². The summed E-state index contributed by atoms with van der Waals surface area (Å²) in [7, 11) is 0. The highest BCUT2D eigenvalue weighted by molar-refractivity contribution is 6.30. The van der Waals surface area contributed by atoms with E-state index in [1.165, 1.54) is 0 Å². The number of benzene rings is 2. The second-order valence-electron chi connectivity index (χ2n) is 9.19. The lowest BCUT2D eigenvalue weighted by atomic mass is 9.96. The van der Waals surface area contributed by atoms with Gasteiger partial charge in [-0.2, -0.15) is 0 Å². The first kappa shape index (κ1) is 23.7. The van der Waals surface area contributed by atoms with Gasteiger partial charge in [0.25, 0.3) is 0 Å². The predicted molar refractivity (Wildman–Crippen MR) is 133 cm³/mol. The van der Waals surface area contributed by atoms with Crippen LogP contribution in [0.2, 0.25) is 5.02 Å². The number of ether oxygens (including phenoxy) is 1. The van der Waals surface area contributed by atoms with E-state index in [0.717, 1.165) is 11.0 Å². The van der Waals surface area contributed by atoms with Gasteiger partial charge in [0.2, 0.25) is 0 Å². The number of nitrogens with zero attached hydrogens (tertiary/aromatic N) is 2. The number of halogens is 1. The Labute approximate surface area is 202 Å². The number of nitrogens with one attached hydrogen (secondary N) is 1. The number of fused-ring (bicyclic) bond motifs is 1. The molecule has 2 heterocycles. The predicted octanol–water partition coefficient (Wildman–Crippen LogP) is 5.59. The van der Waals surface area contributed by atoms with E-state index >= 15 is 0 Å². The third-order valence-electron chi connectivity index (χ3n) is 5.63. The highest BCUT2D eigenvalue weighted by Gasteiger charge is 2.33. The Morgan fingerprint density at radius 3 is 2.44 bits per heavy atom. The Morgan fingerprint density at radius 2 is 1.82 bits per heavy atom. The third kappa shape index (κ3) is 4.36. The maximum Gasteiger partial charge on any atom is 0.339 e. The molecule has 7 nitrogen and oxygen atoms in total. The molecule has 0 saturated heterocycles. The molecule has 0 fully saturated rings. The van der Waals surface area contributed by atoms with Crippen molar-refractivity contribution >= 4 is 28.6 Å². The second kappa shape index (κ2) is 8.74. The molecule has 2 N–H and O–H groups in total. The summed E-state index contributed by atoms with van der Waals surface area (Å²) in [4.78, 5) is 33.4. The maximum absolute atomic E-state index is 13.7. The summed E-state index contributed by atoms with van der Waals surface area (Å²) in [6, 6.07) is 12.6. The first-order valence-electron chi connectivity index (χ1n) is 10.8. The summed E-state index contributed by atoms with van der Waals surface area (Å²) in [5, 5.41) is 10.7. The highest BCUT2D eigenvalue weighted by atomic mass is 35.5. The van der Waals surface area contributed by atoms with E-state index in [4.69, 9.17) is 16.3 Å². The van der Waals surface area contributed by atoms with Gasteiger partial charge in [0.05, 0.1) is 28.7 Å². The molecule has 0 bridgehead atoms. The largest absolute Gasteiger partial charge is 0.479 e. The van der Waals surface area contributed by atoms with Gasteiger partial charge in [-0.25, -0.2) is 9.78 Å². The van der Waals surface area contributed by atoms with Crippen molar-refractivity contribution in [2.75, 3.05) is 0 Å². The molecule has 176 valence electrons. The number of hydrogen-bond acceptors (Lipinski definition) is 4. The summed E-state index contributed by atoms with van der Waals surface area (Å²) in [6.45, 7) is 8.79. The number of pyridine rings is 1. The topological polar surface area (TPSA) is 97.2 Å². The van der Waals surface area contributed by atoms with E-state index in [1.807, 2.05) is 18.2 Å². The second-order valence-corrected chi connectivity index (χ2v) is 9.63. The fourth-order valence-corrected chi connectivity index (χ4v) is 4.30. The van der Waals surface area contributed by atoms with Crippen LogP contribution in [-0.2, 0) is 9.53 Å². The van der Waals surface area contributed by atoms with Crippen LogP contribution in [0.5, 0.6) is 0 Å². The average molecular weight is 480 g/mol. The van der Waals surface area contributed by atoms with Crippen molar-refractivity contribution < 1.29 is 14.6 Å². The van der Waals surface area contributed by atoms with E-state index in [-0.39, 0.29) is 11.1 Å². The molecular formula is C26H26ClN3O4. The first-order chi connectivity index (χ1) is 16.0. The first-order valence-corrected chi connectivity index (χ1v) is 11.2. The molecule has 0 radical (unpaired) electrons. The number of rotatable bonds is 5. The number of H-pyrrole nitrogens is 1. The van der Waals surface area contributed by atoms with Gasteiger partial charge in [-0.15, -0.1) is 0 Å². The molecule has 4 rings (SSSR count). The van der Waals surface area contributed by atoms with Crippen molar-refractivity contribution in [3.8, 4) is 16.8 Å². The van der Waals surface area contributed by atoms with E-state index in [2.05, 4.69) is 9.97 Å². The van der Waals surface area contributed by atoms with Crippen LogP contribution in [0.4, 0.5) is 0 Å². The summed E-state index contributed by atoms with van der Waals surface area (Å²) >= 11 is 6.12. The van der Waals surface area contributed by atoms with E-state index in [0.29, 0.717) is 33.1 Å².